The Hall–Kier alpha value is 0.636. The monoisotopic (exact) mass is 298 g/mol. The van der Waals surface area contributed by atoms with E-state index in [0.717, 1.165) is 0 Å². The fourth-order valence-corrected chi connectivity index (χ4v) is 2.10. The first-order valence-electron chi connectivity index (χ1n) is 4.36. The molecule has 1 saturated carbocycles. The third-order valence-electron chi connectivity index (χ3n) is 2.45. The SMILES string of the molecule is O=P([O-])([O-])O[C@]1(O)[C@H](O)[C@H](O)[C@@H](O)[C@H](O)[C@H]1O.[Mg+2]. The van der Waals surface area contributed by atoms with Crippen LogP contribution >= 0.6 is 7.82 Å². The molecule has 0 spiro atoms. The van der Waals surface area contributed by atoms with E-state index in [4.69, 9.17) is 15.3 Å². The number of rotatable bonds is 2. The van der Waals surface area contributed by atoms with Gasteiger partial charge in [0.25, 0.3) is 0 Å². The molecule has 102 valence electrons. The average Bonchev–Trinajstić information content (AvgIpc) is 2.19. The van der Waals surface area contributed by atoms with E-state index >= 15 is 0 Å². The van der Waals surface area contributed by atoms with Crippen LogP contribution in [-0.2, 0) is 9.09 Å². The molecule has 10 nitrogen and oxygen atoms in total. The molecule has 1 fully saturated rings. The van der Waals surface area contributed by atoms with Gasteiger partial charge >= 0.3 is 23.1 Å². The molecule has 18 heavy (non-hydrogen) atoms. The van der Waals surface area contributed by atoms with E-state index in [1.807, 2.05) is 0 Å². The van der Waals surface area contributed by atoms with E-state index in [1.165, 1.54) is 0 Å². The number of aliphatic hydroxyl groups excluding tert-OH is 5. The summed E-state index contributed by atoms with van der Waals surface area (Å²) < 4.78 is 13.9. The van der Waals surface area contributed by atoms with Gasteiger partial charge in [0.15, 0.2) is 0 Å². The van der Waals surface area contributed by atoms with Crippen LogP contribution in [0.25, 0.3) is 0 Å². The summed E-state index contributed by atoms with van der Waals surface area (Å²) in [5.41, 5.74) is 0. The van der Waals surface area contributed by atoms with E-state index in [2.05, 4.69) is 4.52 Å². The first kappa shape index (κ1) is 18.6. The average molecular weight is 298 g/mol. The van der Waals surface area contributed by atoms with Gasteiger partial charge in [0.2, 0.25) is 5.79 Å². The summed E-state index contributed by atoms with van der Waals surface area (Å²) in [5.74, 6) is -3.43. The molecule has 1 aliphatic carbocycles. The van der Waals surface area contributed by atoms with Crippen molar-refractivity contribution in [3.8, 4) is 0 Å². The van der Waals surface area contributed by atoms with Gasteiger partial charge in [-0.25, -0.2) is 0 Å². The summed E-state index contributed by atoms with van der Waals surface area (Å²) in [5, 5.41) is 55.4. The summed E-state index contributed by atoms with van der Waals surface area (Å²) in [7, 11) is -5.82. The molecular weight excluding hydrogens is 287 g/mol. The summed E-state index contributed by atoms with van der Waals surface area (Å²) in [4.78, 5) is 20.7. The van der Waals surface area contributed by atoms with Gasteiger partial charge in [0.05, 0.1) is 7.82 Å². The molecule has 6 atom stereocenters. The Bertz CT molecular complexity index is 316. The zero-order chi connectivity index (χ0) is 13.6. The summed E-state index contributed by atoms with van der Waals surface area (Å²) in [6, 6.07) is 0. The topological polar surface area (TPSA) is 194 Å². The van der Waals surface area contributed by atoms with Crippen LogP contribution in [0.1, 0.15) is 0 Å². The van der Waals surface area contributed by atoms with Crippen molar-refractivity contribution in [3.63, 3.8) is 0 Å². The van der Waals surface area contributed by atoms with Crippen LogP contribution in [0.2, 0.25) is 0 Å². The zero-order valence-corrected chi connectivity index (χ0v) is 11.2. The third kappa shape index (κ3) is 3.39. The summed E-state index contributed by atoms with van der Waals surface area (Å²) in [6.45, 7) is 0. The molecule has 0 saturated heterocycles. The molecular formula is C6H11MgO10P. The minimum atomic E-state index is -5.82. The normalized spacial score (nSPS) is 45.4. The molecule has 0 aromatic heterocycles. The number of hydrogen-bond acceptors (Lipinski definition) is 10. The maximum atomic E-state index is 10.3. The van der Waals surface area contributed by atoms with Gasteiger partial charge in [-0.15, -0.1) is 0 Å². The first-order valence-corrected chi connectivity index (χ1v) is 5.82. The Kier molecular flexibility index (Phi) is 6.16. The zero-order valence-electron chi connectivity index (χ0n) is 8.86. The van der Waals surface area contributed by atoms with Crippen LogP contribution in [-0.4, -0.2) is 90.0 Å². The molecule has 0 unspecified atom stereocenters. The fraction of sp³-hybridized carbons (Fsp3) is 1.00. The second-order valence-corrected chi connectivity index (χ2v) is 4.73. The van der Waals surface area contributed by atoms with Crippen molar-refractivity contribution in [2.45, 2.75) is 36.3 Å². The number of hydrogen-bond donors (Lipinski definition) is 6. The molecule has 0 aliphatic heterocycles. The van der Waals surface area contributed by atoms with Crippen molar-refractivity contribution in [1.82, 2.24) is 0 Å². The quantitative estimate of drug-likeness (QED) is 0.162. The summed E-state index contributed by atoms with van der Waals surface area (Å²) in [6.07, 6.45) is -11.5. The third-order valence-corrected chi connectivity index (χ3v) is 2.97. The second-order valence-electron chi connectivity index (χ2n) is 3.65. The molecule has 0 bridgehead atoms. The predicted molar refractivity (Wildman–Crippen MR) is 49.4 cm³/mol. The van der Waals surface area contributed by atoms with E-state index < -0.39 is 44.1 Å². The maximum absolute atomic E-state index is 10.3. The maximum Gasteiger partial charge on any atom is 2.00 e. The number of phosphoric acid groups is 1. The van der Waals surface area contributed by atoms with E-state index in [1.54, 1.807) is 0 Å². The number of phosphoric ester groups is 1. The van der Waals surface area contributed by atoms with Crippen LogP contribution < -0.4 is 9.79 Å². The largest absolute Gasteiger partial charge is 2.00 e. The van der Waals surface area contributed by atoms with Crippen molar-refractivity contribution in [1.29, 1.82) is 0 Å². The van der Waals surface area contributed by atoms with E-state index in [0.29, 0.717) is 0 Å². The Morgan fingerprint density at radius 3 is 1.56 bits per heavy atom. The molecule has 0 heterocycles. The van der Waals surface area contributed by atoms with Crippen LogP contribution in [0.3, 0.4) is 0 Å². The minimum absolute atomic E-state index is 0. The van der Waals surface area contributed by atoms with Crippen molar-refractivity contribution in [2.75, 3.05) is 0 Å². The van der Waals surface area contributed by atoms with Crippen LogP contribution in [0.5, 0.6) is 0 Å². The van der Waals surface area contributed by atoms with Gasteiger partial charge in [0.1, 0.15) is 30.5 Å². The standard InChI is InChI=1S/C6H13O10P.Mg/c7-1-2(8)4(10)6(12,5(11)3(1)9)16-17(13,14)15;/h1-5,7-12H,(H2,13,14,15);/q;+2/p-2/t1-,2-,3+,4-,5-,6-;/m1./s1. The molecule has 6 N–H and O–H groups in total. The Morgan fingerprint density at radius 2 is 1.28 bits per heavy atom. The van der Waals surface area contributed by atoms with Gasteiger partial charge < -0.3 is 49.5 Å². The molecule has 1 rings (SSSR count). The van der Waals surface area contributed by atoms with E-state index in [9.17, 15) is 29.7 Å². The van der Waals surface area contributed by atoms with Crippen molar-refractivity contribution in [3.05, 3.63) is 0 Å². The Labute approximate surface area is 117 Å². The Balaban J connectivity index is 0.00000289. The Morgan fingerprint density at radius 1 is 0.944 bits per heavy atom. The van der Waals surface area contributed by atoms with Gasteiger partial charge in [-0.3, -0.25) is 0 Å². The van der Waals surface area contributed by atoms with E-state index in [-0.39, 0.29) is 23.1 Å². The first-order chi connectivity index (χ1) is 7.50. The molecule has 0 aromatic carbocycles. The van der Waals surface area contributed by atoms with Crippen LogP contribution in [0.15, 0.2) is 0 Å². The van der Waals surface area contributed by atoms with Crippen molar-refractivity contribution >= 4 is 30.9 Å². The van der Waals surface area contributed by atoms with Crippen LogP contribution in [0, 0.1) is 0 Å². The smallest absolute Gasteiger partial charge is 0.790 e. The van der Waals surface area contributed by atoms with Crippen molar-refractivity contribution in [2.24, 2.45) is 0 Å². The van der Waals surface area contributed by atoms with Gasteiger partial charge in [-0.2, -0.15) is 0 Å². The van der Waals surface area contributed by atoms with Crippen LogP contribution in [0.4, 0.5) is 0 Å². The molecule has 1 aliphatic rings. The summed E-state index contributed by atoms with van der Waals surface area (Å²) >= 11 is 0. The minimum Gasteiger partial charge on any atom is -0.790 e. The predicted octanol–water partition coefficient (Wildman–Crippen LogP) is -6.04. The molecule has 0 aromatic rings. The second kappa shape index (κ2) is 5.95. The van der Waals surface area contributed by atoms with Gasteiger partial charge in [-0.05, 0) is 0 Å². The molecule has 12 heteroatoms. The van der Waals surface area contributed by atoms with Gasteiger partial charge in [-0.1, -0.05) is 0 Å². The fourth-order valence-electron chi connectivity index (χ4n) is 1.53. The number of aliphatic hydroxyl groups is 6. The van der Waals surface area contributed by atoms with Crippen molar-refractivity contribution < 1.29 is 49.5 Å². The van der Waals surface area contributed by atoms with Gasteiger partial charge in [0, 0.05) is 0 Å². The molecule has 0 radical (unpaired) electrons. The molecule has 0 amide bonds.